The fraction of sp³-hybridized carbons (Fsp3) is 0.529. The summed E-state index contributed by atoms with van der Waals surface area (Å²) in [6.07, 6.45) is -5.64. The van der Waals surface area contributed by atoms with E-state index >= 15 is 0 Å². The molecule has 1 aromatic carbocycles. The number of hydrogen-bond donors (Lipinski definition) is 3. The quantitative estimate of drug-likeness (QED) is 0.685. The zero-order valence-corrected chi connectivity index (χ0v) is 15.8. The van der Waals surface area contributed by atoms with Gasteiger partial charge in [0.05, 0.1) is 11.4 Å². The van der Waals surface area contributed by atoms with E-state index in [0.29, 0.717) is 12.2 Å². The van der Waals surface area contributed by atoms with Crippen LogP contribution in [0.5, 0.6) is 5.75 Å². The van der Waals surface area contributed by atoms with E-state index in [1.54, 1.807) is 27.7 Å². The van der Waals surface area contributed by atoms with Crippen LogP contribution in [0.4, 0.5) is 29.3 Å². The number of alkyl halides is 3. The molecule has 0 heterocycles. The summed E-state index contributed by atoms with van der Waals surface area (Å²) in [7, 11) is 0. The van der Waals surface area contributed by atoms with Crippen molar-refractivity contribution in [2.24, 2.45) is 0 Å². The van der Waals surface area contributed by atoms with Crippen LogP contribution in [0, 0.1) is 0 Å². The Morgan fingerprint density at radius 3 is 2.30 bits per heavy atom. The fourth-order valence-corrected chi connectivity index (χ4v) is 1.96. The van der Waals surface area contributed by atoms with Gasteiger partial charge >= 0.3 is 12.5 Å². The van der Waals surface area contributed by atoms with Gasteiger partial charge < -0.3 is 25.4 Å². The van der Waals surface area contributed by atoms with Crippen molar-refractivity contribution in [2.75, 3.05) is 17.2 Å². The first kappa shape index (κ1) is 22.4. The van der Waals surface area contributed by atoms with Crippen LogP contribution >= 0.6 is 0 Å². The Morgan fingerprint density at radius 1 is 1.15 bits per heavy atom. The summed E-state index contributed by atoms with van der Waals surface area (Å²) in [6, 6.07) is 2.54. The van der Waals surface area contributed by atoms with Crippen LogP contribution in [0.1, 0.15) is 34.6 Å². The van der Waals surface area contributed by atoms with Crippen LogP contribution in [0.15, 0.2) is 18.2 Å². The molecule has 2 amide bonds. The van der Waals surface area contributed by atoms with E-state index in [1.807, 2.05) is 0 Å². The number of anilines is 2. The highest BCUT2D eigenvalue weighted by atomic mass is 19.4. The average molecular weight is 391 g/mol. The van der Waals surface area contributed by atoms with Gasteiger partial charge in [-0.2, -0.15) is 0 Å². The summed E-state index contributed by atoms with van der Waals surface area (Å²) in [5.41, 5.74) is -0.242. The summed E-state index contributed by atoms with van der Waals surface area (Å²) in [5.74, 6) is -1.11. The molecule has 1 aromatic rings. The van der Waals surface area contributed by atoms with Gasteiger partial charge in [0.25, 0.3) is 0 Å². The summed E-state index contributed by atoms with van der Waals surface area (Å²) in [5, 5.41) is 7.75. The van der Waals surface area contributed by atoms with Crippen LogP contribution in [0.3, 0.4) is 0 Å². The summed E-state index contributed by atoms with van der Waals surface area (Å²) in [6.45, 7) is 8.71. The average Bonchev–Trinajstić information content (AvgIpc) is 2.46. The van der Waals surface area contributed by atoms with E-state index in [4.69, 9.17) is 4.74 Å². The highest BCUT2D eigenvalue weighted by Crippen LogP contribution is 2.30. The third-order valence-electron chi connectivity index (χ3n) is 2.98. The molecule has 0 bridgehead atoms. The molecule has 0 aliphatic heterocycles. The smallest absolute Gasteiger partial charge is 0.444 e. The van der Waals surface area contributed by atoms with Crippen LogP contribution in [-0.2, 0) is 9.53 Å². The number of rotatable bonds is 6. The van der Waals surface area contributed by atoms with Crippen molar-refractivity contribution in [2.45, 2.75) is 52.6 Å². The van der Waals surface area contributed by atoms with Crippen LogP contribution in [0.2, 0.25) is 0 Å². The molecular weight excluding hydrogens is 367 g/mol. The van der Waals surface area contributed by atoms with E-state index in [-0.39, 0.29) is 5.69 Å². The molecule has 152 valence electrons. The van der Waals surface area contributed by atoms with Crippen molar-refractivity contribution in [3.8, 4) is 5.75 Å². The van der Waals surface area contributed by atoms with Gasteiger partial charge in [0, 0.05) is 12.6 Å². The number of halogens is 3. The Balaban J connectivity index is 2.88. The molecule has 7 nitrogen and oxygen atoms in total. The molecule has 10 heteroatoms. The van der Waals surface area contributed by atoms with E-state index in [0.717, 1.165) is 12.1 Å². The molecule has 0 fully saturated rings. The number of alkyl carbamates (subject to hydrolysis) is 1. The van der Waals surface area contributed by atoms with E-state index in [2.05, 4.69) is 20.7 Å². The number of nitrogens with one attached hydrogen (secondary N) is 3. The van der Waals surface area contributed by atoms with Crippen molar-refractivity contribution in [3.05, 3.63) is 18.2 Å². The first-order valence-electron chi connectivity index (χ1n) is 8.25. The predicted octanol–water partition coefficient (Wildman–Crippen LogP) is 3.87. The molecule has 0 aliphatic rings. The Hall–Kier alpha value is -2.65. The van der Waals surface area contributed by atoms with Crippen molar-refractivity contribution >= 4 is 23.4 Å². The minimum Gasteiger partial charge on any atom is -0.444 e. The van der Waals surface area contributed by atoms with Gasteiger partial charge in [-0.1, -0.05) is 0 Å². The molecule has 1 atom stereocenters. The zero-order valence-electron chi connectivity index (χ0n) is 15.8. The summed E-state index contributed by atoms with van der Waals surface area (Å²) in [4.78, 5) is 24.0. The van der Waals surface area contributed by atoms with Gasteiger partial charge in [-0.3, -0.25) is 4.79 Å². The molecule has 0 saturated carbocycles. The van der Waals surface area contributed by atoms with Crippen molar-refractivity contribution in [1.29, 1.82) is 0 Å². The largest absolute Gasteiger partial charge is 0.573 e. The Morgan fingerprint density at radius 2 is 1.78 bits per heavy atom. The third kappa shape index (κ3) is 8.52. The Kier molecular flexibility index (Phi) is 7.32. The SMILES string of the molecule is CCNc1ccc(OC(F)(F)F)cc1NC(=O)[C@@H](C)NC(=O)OC(C)(C)C. The third-order valence-corrected chi connectivity index (χ3v) is 2.98. The second-order valence-corrected chi connectivity index (χ2v) is 6.64. The molecule has 0 unspecified atom stereocenters. The monoisotopic (exact) mass is 391 g/mol. The lowest BCUT2D eigenvalue weighted by atomic mass is 10.2. The Bertz CT molecular complexity index is 672. The van der Waals surface area contributed by atoms with Crippen LogP contribution in [0.25, 0.3) is 0 Å². The summed E-state index contributed by atoms with van der Waals surface area (Å²) < 4.78 is 46.1. The normalized spacial score (nSPS) is 12.7. The highest BCUT2D eigenvalue weighted by molar-refractivity contribution is 5.99. The lowest BCUT2D eigenvalue weighted by molar-refractivity contribution is -0.274. The number of benzene rings is 1. The zero-order chi connectivity index (χ0) is 20.8. The topological polar surface area (TPSA) is 88.7 Å². The molecule has 0 radical (unpaired) electrons. The van der Waals surface area contributed by atoms with Crippen LogP contribution < -0.4 is 20.7 Å². The molecule has 0 aromatic heterocycles. The molecular formula is C17H24F3N3O4. The van der Waals surface area contributed by atoms with Gasteiger partial charge in [-0.15, -0.1) is 13.2 Å². The lowest BCUT2D eigenvalue weighted by Gasteiger charge is -2.22. The van der Waals surface area contributed by atoms with Crippen molar-refractivity contribution in [1.82, 2.24) is 5.32 Å². The number of carbonyl (C=O) groups is 2. The maximum atomic E-state index is 12.4. The van der Waals surface area contributed by atoms with Gasteiger partial charge in [-0.05, 0) is 46.8 Å². The van der Waals surface area contributed by atoms with E-state index in [1.165, 1.54) is 13.0 Å². The molecule has 1 rings (SSSR count). The van der Waals surface area contributed by atoms with Gasteiger partial charge in [-0.25, -0.2) is 4.79 Å². The predicted molar refractivity (Wildman–Crippen MR) is 94.8 cm³/mol. The molecule has 0 saturated heterocycles. The molecule has 0 spiro atoms. The maximum absolute atomic E-state index is 12.4. The number of amides is 2. The Labute approximate surface area is 155 Å². The van der Waals surface area contributed by atoms with E-state index < -0.39 is 35.8 Å². The lowest BCUT2D eigenvalue weighted by Crippen LogP contribution is -2.44. The van der Waals surface area contributed by atoms with Crippen molar-refractivity contribution in [3.63, 3.8) is 0 Å². The van der Waals surface area contributed by atoms with Crippen molar-refractivity contribution < 1.29 is 32.2 Å². The number of carbonyl (C=O) groups excluding carboxylic acids is 2. The first-order valence-corrected chi connectivity index (χ1v) is 8.25. The highest BCUT2D eigenvalue weighted by Gasteiger charge is 2.31. The van der Waals surface area contributed by atoms with Gasteiger partial charge in [0.15, 0.2) is 0 Å². The second-order valence-electron chi connectivity index (χ2n) is 6.64. The maximum Gasteiger partial charge on any atom is 0.573 e. The van der Waals surface area contributed by atoms with Gasteiger partial charge in [0.1, 0.15) is 17.4 Å². The van der Waals surface area contributed by atoms with Gasteiger partial charge in [0.2, 0.25) is 5.91 Å². The first-order chi connectivity index (χ1) is 12.3. The molecule has 3 N–H and O–H groups in total. The second kappa shape index (κ2) is 8.83. The fourth-order valence-electron chi connectivity index (χ4n) is 1.96. The van der Waals surface area contributed by atoms with E-state index in [9.17, 15) is 22.8 Å². The number of hydrogen-bond acceptors (Lipinski definition) is 5. The minimum atomic E-state index is -4.85. The molecule has 27 heavy (non-hydrogen) atoms. The molecule has 0 aliphatic carbocycles. The summed E-state index contributed by atoms with van der Waals surface area (Å²) >= 11 is 0. The minimum absolute atomic E-state index is 0.0847. The number of ether oxygens (including phenoxy) is 2. The van der Waals surface area contributed by atoms with Crippen LogP contribution in [-0.4, -0.2) is 36.6 Å². The standard InChI is InChI=1S/C17H24F3N3O4/c1-6-21-12-8-7-11(26-17(18,19)20)9-13(12)23-14(24)10(2)22-15(25)27-16(3,4)5/h7-10,21H,6H2,1-5H3,(H,22,25)(H,23,24)/t10-/m1/s1.